The maximum Gasteiger partial charge on any atom is 0.238 e. The summed E-state index contributed by atoms with van der Waals surface area (Å²) in [7, 11) is -3.60. The molecule has 1 heterocycles. The lowest BCUT2D eigenvalue weighted by Crippen LogP contribution is -2.37. The van der Waals surface area contributed by atoms with E-state index in [2.05, 4.69) is 4.90 Å². The normalized spacial score (nSPS) is 21.0. The molecule has 2 rings (SSSR count). The summed E-state index contributed by atoms with van der Waals surface area (Å²) in [6.45, 7) is 3.22. The van der Waals surface area contributed by atoms with Crippen molar-refractivity contribution in [1.82, 2.24) is 4.90 Å². The van der Waals surface area contributed by atoms with Gasteiger partial charge in [0.15, 0.2) is 0 Å². The van der Waals surface area contributed by atoms with E-state index in [1.165, 1.54) is 0 Å². The number of benzene rings is 1. The van der Waals surface area contributed by atoms with Crippen LogP contribution in [-0.2, 0) is 16.4 Å². The van der Waals surface area contributed by atoms with E-state index in [4.69, 9.17) is 5.14 Å². The highest BCUT2D eigenvalue weighted by Crippen LogP contribution is 2.16. The van der Waals surface area contributed by atoms with Crippen LogP contribution in [0.3, 0.4) is 0 Å². The molecule has 0 aliphatic carbocycles. The number of aliphatic hydroxyl groups is 1. The molecule has 20 heavy (non-hydrogen) atoms. The fourth-order valence-corrected chi connectivity index (χ4v) is 3.15. The molecule has 0 bridgehead atoms. The van der Waals surface area contributed by atoms with E-state index in [1.807, 2.05) is 12.1 Å². The van der Waals surface area contributed by atoms with Gasteiger partial charge in [-0.2, -0.15) is 0 Å². The van der Waals surface area contributed by atoms with Crippen molar-refractivity contribution in [3.63, 3.8) is 0 Å². The van der Waals surface area contributed by atoms with Crippen LogP contribution < -0.4 is 5.14 Å². The highest BCUT2D eigenvalue weighted by atomic mass is 32.2. The number of aliphatic hydroxyl groups excluding tert-OH is 1. The number of nitrogens with two attached hydrogens (primary N) is 1. The van der Waals surface area contributed by atoms with Crippen LogP contribution in [-0.4, -0.2) is 44.7 Å². The van der Waals surface area contributed by atoms with E-state index in [0.29, 0.717) is 5.92 Å². The number of primary sulfonamides is 1. The molecular weight excluding hydrogens is 276 g/mol. The smallest absolute Gasteiger partial charge is 0.238 e. The molecule has 1 atom stereocenters. The molecule has 5 nitrogen and oxygen atoms in total. The first-order valence-electron chi connectivity index (χ1n) is 6.94. The number of sulfonamides is 1. The number of rotatable bonds is 5. The summed E-state index contributed by atoms with van der Waals surface area (Å²) in [5.41, 5.74) is 1.10. The van der Waals surface area contributed by atoms with Gasteiger partial charge in [0.25, 0.3) is 0 Å². The van der Waals surface area contributed by atoms with Crippen LogP contribution in [0.5, 0.6) is 0 Å². The number of likely N-dealkylation sites (tertiary alicyclic amines) is 1. The first-order valence-corrected chi connectivity index (χ1v) is 8.48. The molecule has 1 saturated heterocycles. The largest absolute Gasteiger partial charge is 0.396 e. The third kappa shape index (κ3) is 4.28. The average Bonchev–Trinajstić information content (AvgIpc) is 2.45. The van der Waals surface area contributed by atoms with Crippen LogP contribution >= 0.6 is 0 Å². The molecule has 1 aromatic carbocycles. The van der Waals surface area contributed by atoms with Crippen LogP contribution in [0, 0.1) is 5.92 Å². The molecule has 1 aliphatic rings. The summed E-state index contributed by atoms with van der Waals surface area (Å²) in [6.07, 6.45) is 3.12. The predicted octanol–water partition coefficient (Wildman–Crippen LogP) is 0.581. The minimum Gasteiger partial charge on any atom is -0.396 e. The predicted molar refractivity (Wildman–Crippen MR) is 77.8 cm³/mol. The second-order valence-electron chi connectivity index (χ2n) is 5.43. The van der Waals surface area contributed by atoms with Crippen LogP contribution in [0.4, 0.5) is 0 Å². The van der Waals surface area contributed by atoms with E-state index < -0.39 is 10.0 Å². The van der Waals surface area contributed by atoms with Crippen molar-refractivity contribution < 1.29 is 13.5 Å². The molecule has 1 fully saturated rings. The van der Waals surface area contributed by atoms with Gasteiger partial charge < -0.3 is 10.0 Å². The van der Waals surface area contributed by atoms with E-state index in [9.17, 15) is 13.5 Å². The summed E-state index contributed by atoms with van der Waals surface area (Å²) in [4.78, 5) is 2.51. The van der Waals surface area contributed by atoms with E-state index in [1.54, 1.807) is 12.1 Å². The Morgan fingerprint density at radius 2 is 2.00 bits per heavy atom. The van der Waals surface area contributed by atoms with Crippen LogP contribution in [0.25, 0.3) is 0 Å². The Morgan fingerprint density at radius 3 is 2.60 bits per heavy atom. The Kier molecular flexibility index (Phi) is 5.15. The SMILES string of the molecule is NS(=O)(=O)c1ccc(CCN2CCCC(CO)C2)cc1. The number of hydrogen-bond acceptors (Lipinski definition) is 4. The molecular formula is C14H22N2O3S. The quantitative estimate of drug-likeness (QED) is 0.833. The highest BCUT2D eigenvalue weighted by molar-refractivity contribution is 7.89. The van der Waals surface area contributed by atoms with Crippen molar-refractivity contribution in [3.05, 3.63) is 29.8 Å². The van der Waals surface area contributed by atoms with Gasteiger partial charge >= 0.3 is 0 Å². The fourth-order valence-electron chi connectivity index (χ4n) is 2.64. The zero-order chi connectivity index (χ0) is 14.6. The molecule has 0 amide bonds. The van der Waals surface area contributed by atoms with Gasteiger partial charge in [0.05, 0.1) is 4.90 Å². The van der Waals surface area contributed by atoms with E-state index >= 15 is 0 Å². The maximum atomic E-state index is 11.2. The van der Waals surface area contributed by atoms with Gasteiger partial charge in [-0.1, -0.05) is 12.1 Å². The van der Waals surface area contributed by atoms with Crippen LogP contribution in [0.1, 0.15) is 18.4 Å². The highest BCUT2D eigenvalue weighted by Gasteiger charge is 2.18. The minimum atomic E-state index is -3.60. The molecule has 0 spiro atoms. The molecule has 1 unspecified atom stereocenters. The van der Waals surface area contributed by atoms with Crippen molar-refractivity contribution in [1.29, 1.82) is 0 Å². The van der Waals surface area contributed by atoms with Gasteiger partial charge in [0, 0.05) is 19.7 Å². The molecule has 1 aromatic rings. The van der Waals surface area contributed by atoms with Crippen molar-refractivity contribution in [2.24, 2.45) is 11.1 Å². The molecule has 3 N–H and O–H groups in total. The number of hydrogen-bond donors (Lipinski definition) is 2. The molecule has 0 radical (unpaired) electrons. The molecule has 112 valence electrons. The standard InChI is InChI=1S/C14H22N2O3S/c15-20(18,19)14-5-3-12(4-6-14)7-9-16-8-1-2-13(10-16)11-17/h3-6,13,17H,1-2,7-11H2,(H2,15,18,19). The monoisotopic (exact) mass is 298 g/mol. The van der Waals surface area contributed by atoms with Crippen molar-refractivity contribution in [3.8, 4) is 0 Å². The van der Waals surface area contributed by atoms with Gasteiger partial charge in [0.1, 0.15) is 0 Å². The van der Waals surface area contributed by atoms with Gasteiger partial charge in [-0.05, 0) is 49.4 Å². The van der Waals surface area contributed by atoms with Gasteiger partial charge in [-0.3, -0.25) is 0 Å². The zero-order valence-corrected chi connectivity index (χ0v) is 12.3. The summed E-state index contributed by atoms with van der Waals surface area (Å²) in [5.74, 6) is 0.397. The second kappa shape index (κ2) is 6.67. The summed E-state index contributed by atoms with van der Waals surface area (Å²) < 4.78 is 22.3. The minimum absolute atomic E-state index is 0.152. The lowest BCUT2D eigenvalue weighted by atomic mass is 9.98. The van der Waals surface area contributed by atoms with Gasteiger partial charge in [0.2, 0.25) is 10.0 Å². The van der Waals surface area contributed by atoms with E-state index in [-0.39, 0.29) is 11.5 Å². The van der Waals surface area contributed by atoms with Crippen molar-refractivity contribution in [2.45, 2.75) is 24.2 Å². The Labute approximate surface area is 120 Å². The topological polar surface area (TPSA) is 83.6 Å². The third-order valence-corrected chi connectivity index (χ3v) is 4.76. The summed E-state index contributed by atoms with van der Waals surface area (Å²) in [6, 6.07) is 6.73. The number of nitrogens with zero attached hydrogens (tertiary/aromatic N) is 1. The van der Waals surface area contributed by atoms with Crippen LogP contribution in [0.2, 0.25) is 0 Å². The number of piperidine rings is 1. The Balaban J connectivity index is 1.88. The zero-order valence-electron chi connectivity index (χ0n) is 11.5. The van der Waals surface area contributed by atoms with Gasteiger partial charge in [-0.25, -0.2) is 13.6 Å². The Morgan fingerprint density at radius 1 is 1.30 bits per heavy atom. The maximum absolute atomic E-state index is 11.2. The first kappa shape index (κ1) is 15.4. The molecule has 6 heteroatoms. The van der Waals surface area contributed by atoms with Crippen LogP contribution in [0.15, 0.2) is 29.2 Å². The third-order valence-electron chi connectivity index (χ3n) is 3.83. The second-order valence-corrected chi connectivity index (χ2v) is 6.99. The van der Waals surface area contributed by atoms with Crippen molar-refractivity contribution in [2.75, 3.05) is 26.2 Å². The van der Waals surface area contributed by atoms with Gasteiger partial charge in [-0.15, -0.1) is 0 Å². The first-order chi connectivity index (χ1) is 9.49. The lowest BCUT2D eigenvalue weighted by molar-refractivity contribution is 0.121. The summed E-state index contributed by atoms with van der Waals surface area (Å²) >= 11 is 0. The van der Waals surface area contributed by atoms with E-state index in [0.717, 1.165) is 44.5 Å². The molecule has 0 aromatic heterocycles. The average molecular weight is 298 g/mol. The summed E-state index contributed by atoms with van der Waals surface area (Å²) in [5, 5.41) is 14.3. The Hall–Kier alpha value is -0.950. The molecule has 0 saturated carbocycles. The molecule has 1 aliphatic heterocycles. The van der Waals surface area contributed by atoms with Crippen molar-refractivity contribution >= 4 is 10.0 Å². The Bertz CT molecular complexity index is 528. The lowest BCUT2D eigenvalue weighted by Gasteiger charge is -2.31. The fraction of sp³-hybridized carbons (Fsp3) is 0.571.